The summed E-state index contributed by atoms with van der Waals surface area (Å²) in [5.74, 6) is -0.0952. The highest BCUT2D eigenvalue weighted by atomic mass is 35.5. The molecule has 3 aliphatic heterocycles. The number of thiazole rings is 1. The normalized spacial score (nSPS) is 23.8. The number of aliphatic hydroxyl groups is 1. The zero-order valence-electron chi connectivity index (χ0n) is 21.4. The van der Waals surface area contributed by atoms with Crippen molar-refractivity contribution in [3.8, 4) is 0 Å². The number of aliphatic imine (C=N–C) groups is 1. The lowest BCUT2D eigenvalue weighted by atomic mass is 9.92. The molecule has 1 aromatic carbocycles. The van der Waals surface area contributed by atoms with Gasteiger partial charge in [-0.3, -0.25) is 4.99 Å². The lowest BCUT2D eigenvalue weighted by Gasteiger charge is -2.32. The number of piperidine rings is 1. The van der Waals surface area contributed by atoms with Gasteiger partial charge in [0.25, 0.3) is 10.2 Å². The van der Waals surface area contributed by atoms with Gasteiger partial charge in [0, 0.05) is 71.7 Å². The Balaban J connectivity index is 1.45. The largest absolute Gasteiger partial charge is 0.392 e. The Kier molecular flexibility index (Phi) is 7.67. The molecule has 2 saturated heterocycles. The maximum Gasteiger partial charge on any atom is 0.333 e. The van der Waals surface area contributed by atoms with Crippen LogP contribution in [0.4, 0.5) is 13.2 Å². The van der Waals surface area contributed by atoms with Crippen molar-refractivity contribution in [1.29, 1.82) is 0 Å². The number of aromatic nitrogens is 3. The second-order valence-electron chi connectivity index (χ2n) is 9.97. The van der Waals surface area contributed by atoms with Gasteiger partial charge in [0.2, 0.25) is 0 Å². The summed E-state index contributed by atoms with van der Waals surface area (Å²) in [4.78, 5) is 11.2. The third-order valence-electron chi connectivity index (χ3n) is 7.24. The van der Waals surface area contributed by atoms with E-state index in [1.54, 1.807) is 11.6 Å². The van der Waals surface area contributed by atoms with Crippen LogP contribution in [0.15, 0.2) is 52.7 Å². The summed E-state index contributed by atoms with van der Waals surface area (Å²) in [6.45, 7) is -2.40. The Labute approximate surface area is 243 Å². The number of aliphatic hydroxyl groups excluding tert-OH is 1. The highest BCUT2D eigenvalue weighted by Crippen LogP contribution is 2.46. The van der Waals surface area contributed by atoms with Crippen molar-refractivity contribution in [2.45, 2.75) is 44.0 Å². The number of fused-ring (bicyclic) bond motifs is 1. The van der Waals surface area contributed by atoms with E-state index in [4.69, 9.17) is 16.6 Å². The zero-order valence-corrected chi connectivity index (χ0v) is 23.8. The van der Waals surface area contributed by atoms with Gasteiger partial charge >= 0.3 is 6.55 Å². The van der Waals surface area contributed by atoms with E-state index in [0.717, 1.165) is 12.3 Å². The predicted molar refractivity (Wildman–Crippen MR) is 147 cm³/mol. The van der Waals surface area contributed by atoms with Crippen LogP contribution in [0.2, 0.25) is 5.02 Å². The number of rotatable bonds is 7. The molecule has 0 amide bonds. The van der Waals surface area contributed by atoms with Crippen LogP contribution in [-0.2, 0) is 10.2 Å². The van der Waals surface area contributed by atoms with Crippen molar-refractivity contribution in [3.05, 3.63) is 74.8 Å². The van der Waals surface area contributed by atoms with Gasteiger partial charge in [0.15, 0.2) is 10.8 Å². The Morgan fingerprint density at radius 3 is 2.73 bits per heavy atom. The van der Waals surface area contributed by atoms with Crippen molar-refractivity contribution in [2.24, 2.45) is 4.99 Å². The van der Waals surface area contributed by atoms with Gasteiger partial charge in [0.05, 0.1) is 11.8 Å². The minimum absolute atomic E-state index is 0.00173. The fourth-order valence-electron chi connectivity index (χ4n) is 5.46. The molecule has 2 N–H and O–H groups in total. The minimum Gasteiger partial charge on any atom is -0.392 e. The number of hydrogen-bond acceptors (Lipinski definition) is 8. The number of benzene rings is 1. The molecule has 0 unspecified atom stereocenters. The van der Waals surface area contributed by atoms with Crippen LogP contribution in [0.5, 0.6) is 0 Å². The number of amidine groups is 1. The molecule has 218 valence electrons. The van der Waals surface area contributed by atoms with E-state index in [0.29, 0.717) is 51.7 Å². The summed E-state index contributed by atoms with van der Waals surface area (Å²) in [5, 5.41) is 16.5. The quantitative estimate of drug-likeness (QED) is 0.412. The summed E-state index contributed by atoms with van der Waals surface area (Å²) in [7, 11) is -3.94. The molecule has 6 rings (SSSR count). The first-order chi connectivity index (χ1) is 19.6. The van der Waals surface area contributed by atoms with Crippen LogP contribution in [-0.4, -0.2) is 75.1 Å². The van der Waals surface area contributed by atoms with Crippen molar-refractivity contribution < 1.29 is 26.7 Å². The first-order valence-electron chi connectivity index (χ1n) is 12.8. The summed E-state index contributed by atoms with van der Waals surface area (Å²) in [6, 6.07) is 3.84. The summed E-state index contributed by atoms with van der Waals surface area (Å²) < 4.78 is 72.1. The standard InChI is InChI=1S/C25H25ClF3N7O3S2/c26-18-10-14(27)3-4-17(18)22-21(19-5-8-36(32-19)25(28)29)20-11-15(12-35(20)23(31-22)24-30-6-9-40-24)33-41(38,39)34-7-1-2-16(37)13-34/h3-6,8-10,15-16,22,25,33,37H,1-2,7,11-13H2/t15-,16-,22-/m0/s1. The summed E-state index contributed by atoms with van der Waals surface area (Å²) >= 11 is 7.81. The van der Waals surface area contributed by atoms with E-state index in [1.807, 2.05) is 4.90 Å². The van der Waals surface area contributed by atoms with Crippen molar-refractivity contribution in [1.82, 2.24) is 28.7 Å². The van der Waals surface area contributed by atoms with E-state index in [2.05, 4.69) is 14.8 Å². The maximum atomic E-state index is 14.0. The smallest absolute Gasteiger partial charge is 0.333 e. The SMILES string of the molecule is O=S(=O)(N[C@H]1CC2=C(c3ccn(C(F)F)n3)[C@H](c3ccc(F)cc3Cl)N=C(c3nccs3)N2C1)N1CCC[C@H](O)C1. The molecule has 16 heteroatoms. The van der Waals surface area contributed by atoms with Crippen molar-refractivity contribution >= 4 is 44.6 Å². The second-order valence-corrected chi connectivity index (χ2v) is 13.0. The number of halogens is 4. The fourth-order valence-corrected chi connectivity index (χ4v) is 7.83. The van der Waals surface area contributed by atoms with Crippen LogP contribution in [0.3, 0.4) is 0 Å². The van der Waals surface area contributed by atoms with Gasteiger partial charge in [-0.25, -0.2) is 14.1 Å². The highest BCUT2D eigenvalue weighted by molar-refractivity contribution is 7.87. The van der Waals surface area contributed by atoms with Gasteiger partial charge in [0.1, 0.15) is 11.9 Å². The number of β-amino-alcohol motifs (C(OH)–C–C–N with tert-alkyl or cyclic N) is 1. The molecule has 10 nitrogen and oxygen atoms in total. The van der Waals surface area contributed by atoms with Crippen LogP contribution < -0.4 is 4.72 Å². The van der Waals surface area contributed by atoms with Crippen molar-refractivity contribution in [3.63, 3.8) is 0 Å². The van der Waals surface area contributed by atoms with Crippen molar-refractivity contribution in [2.75, 3.05) is 19.6 Å². The molecular formula is C25H25ClF3N7O3S2. The summed E-state index contributed by atoms with van der Waals surface area (Å²) in [5.41, 5.74) is 1.71. The molecule has 0 spiro atoms. The predicted octanol–water partition coefficient (Wildman–Crippen LogP) is 3.81. The third kappa shape index (κ3) is 5.53. The van der Waals surface area contributed by atoms with Gasteiger partial charge in [-0.05, 0) is 31.0 Å². The number of hydrogen-bond donors (Lipinski definition) is 2. The molecule has 3 aliphatic rings. The molecule has 0 radical (unpaired) electrons. The third-order valence-corrected chi connectivity index (χ3v) is 9.98. The second kappa shape index (κ2) is 11.1. The number of nitrogens with one attached hydrogen (secondary N) is 1. The van der Waals surface area contributed by atoms with Gasteiger partial charge in [-0.1, -0.05) is 17.7 Å². The monoisotopic (exact) mass is 627 g/mol. The Morgan fingerprint density at radius 1 is 1.22 bits per heavy atom. The Morgan fingerprint density at radius 2 is 2.05 bits per heavy atom. The molecule has 0 saturated carbocycles. The number of nitrogens with zero attached hydrogens (tertiary/aromatic N) is 6. The molecule has 0 bridgehead atoms. The van der Waals surface area contributed by atoms with Crippen LogP contribution in [0, 0.1) is 5.82 Å². The molecule has 2 aromatic heterocycles. The van der Waals surface area contributed by atoms with Crippen LogP contribution >= 0.6 is 22.9 Å². The van der Waals surface area contributed by atoms with Gasteiger partial charge in [-0.15, -0.1) is 11.3 Å². The first-order valence-corrected chi connectivity index (χ1v) is 15.5. The average Bonchev–Trinajstić information content (AvgIpc) is 3.69. The Hall–Kier alpha value is -2.82. The van der Waals surface area contributed by atoms with E-state index in [-0.39, 0.29) is 30.2 Å². The molecular weight excluding hydrogens is 603 g/mol. The van der Waals surface area contributed by atoms with E-state index >= 15 is 0 Å². The fraction of sp³-hybridized carbons (Fsp3) is 0.400. The topological polar surface area (TPSA) is 116 Å². The molecule has 2 fully saturated rings. The van der Waals surface area contributed by atoms with Gasteiger partial charge in [-0.2, -0.15) is 31.3 Å². The van der Waals surface area contributed by atoms with E-state index < -0.39 is 40.8 Å². The minimum atomic E-state index is -3.94. The Bertz CT molecular complexity index is 1610. The zero-order chi connectivity index (χ0) is 28.9. The molecule has 0 aliphatic carbocycles. The lowest BCUT2D eigenvalue weighted by Crippen LogP contribution is -2.50. The van der Waals surface area contributed by atoms with E-state index in [9.17, 15) is 26.7 Å². The highest BCUT2D eigenvalue weighted by Gasteiger charge is 2.42. The molecule has 3 atom stereocenters. The van der Waals surface area contributed by atoms with Gasteiger partial charge < -0.3 is 10.0 Å². The molecule has 41 heavy (non-hydrogen) atoms. The van der Waals surface area contributed by atoms with Crippen LogP contribution in [0.25, 0.3) is 5.57 Å². The first kappa shape index (κ1) is 28.3. The molecule has 3 aromatic rings. The lowest BCUT2D eigenvalue weighted by molar-refractivity contribution is 0.0564. The van der Waals surface area contributed by atoms with E-state index in [1.165, 1.54) is 33.8 Å². The molecule has 5 heterocycles. The maximum absolute atomic E-state index is 14.0. The van der Waals surface area contributed by atoms with Crippen LogP contribution in [0.1, 0.15) is 48.1 Å². The number of alkyl halides is 2. The summed E-state index contributed by atoms with van der Waals surface area (Å²) in [6.07, 6.45) is 3.29. The average molecular weight is 628 g/mol.